The summed E-state index contributed by atoms with van der Waals surface area (Å²) in [4.78, 5) is 0. The molecular weight excluding hydrogens is 93.1 g/mol. The Kier molecular flexibility index (Phi) is 1.28. The van der Waals surface area contributed by atoms with E-state index in [-0.39, 0.29) is 6.54 Å². The molecule has 1 atom stereocenters. The van der Waals surface area contributed by atoms with Gasteiger partial charge in [0.15, 0.2) is 0 Å². The quantitative estimate of drug-likeness (QED) is 0.546. The van der Waals surface area contributed by atoms with Crippen molar-refractivity contribution in [3.8, 4) is 0 Å². The van der Waals surface area contributed by atoms with Crippen LogP contribution in [0.25, 0.3) is 0 Å². The highest BCUT2D eigenvalue weighted by atomic mass is 19.1. The average Bonchev–Trinajstić information content (AvgIpc) is 2.44. The standard InChI is InChI=1S/C5H10FN/c6-5(3-7)4-1-2-4/h4-5H,1-3,7H2. The fourth-order valence-electron chi connectivity index (χ4n) is 0.650. The van der Waals surface area contributed by atoms with Gasteiger partial charge in [0.25, 0.3) is 0 Å². The number of halogens is 1. The Labute approximate surface area is 42.7 Å². The first-order valence-electron chi connectivity index (χ1n) is 2.68. The van der Waals surface area contributed by atoms with Gasteiger partial charge in [-0.25, -0.2) is 4.39 Å². The lowest BCUT2D eigenvalue weighted by Crippen LogP contribution is -2.16. The second-order valence-corrected chi connectivity index (χ2v) is 2.09. The van der Waals surface area contributed by atoms with Gasteiger partial charge in [-0.2, -0.15) is 0 Å². The largest absolute Gasteiger partial charge is 0.328 e. The topological polar surface area (TPSA) is 26.0 Å². The molecule has 7 heavy (non-hydrogen) atoms. The van der Waals surface area contributed by atoms with E-state index in [1.165, 1.54) is 0 Å². The first-order valence-corrected chi connectivity index (χ1v) is 2.68. The molecule has 1 aliphatic carbocycles. The summed E-state index contributed by atoms with van der Waals surface area (Å²) >= 11 is 0. The van der Waals surface area contributed by atoms with Crippen LogP contribution in [0.2, 0.25) is 0 Å². The first kappa shape index (κ1) is 5.04. The fraction of sp³-hybridized carbons (Fsp3) is 1.00. The van der Waals surface area contributed by atoms with Gasteiger partial charge in [0.05, 0.1) is 0 Å². The van der Waals surface area contributed by atoms with E-state index in [4.69, 9.17) is 5.73 Å². The van der Waals surface area contributed by atoms with Crippen LogP contribution in [0.1, 0.15) is 12.8 Å². The van der Waals surface area contributed by atoms with E-state index in [1.807, 2.05) is 0 Å². The first-order chi connectivity index (χ1) is 3.34. The van der Waals surface area contributed by atoms with Gasteiger partial charge in [-0.3, -0.25) is 0 Å². The van der Waals surface area contributed by atoms with Crippen molar-refractivity contribution in [2.24, 2.45) is 11.7 Å². The van der Waals surface area contributed by atoms with Crippen molar-refractivity contribution in [3.63, 3.8) is 0 Å². The van der Waals surface area contributed by atoms with E-state index in [1.54, 1.807) is 0 Å². The Morgan fingerprint density at radius 1 is 1.71 bits per heavy atom. The molecule has 2 N–H and O–H groups in total. The Balaban J connectivity index is 2.10. The summed E-state index contributed by atoms with van der Waals surface area (Å²) in [6.07, 6.45) is 1.40. The Bertz CT molecular complexity index is 61.1. The van der Waals surface area contributed by atoms with Crippen molar-refractivity contribution >= 4 is 0 Å². The lowest BCUT2D eigenvalue weighted by atomic mass is 10.3. The molecule has 1 fully saturated rings. The van der Waals surface area contributed by atoms with Gasteiger partial charge in [0.1, 0.15) is 6.17 Å². The van der Waals surface area contributed by atoms with Crippen molar-refractivity contribution in [1.82, 2.24) is 0 Å². The van der Waals surface area contributed by atoms with Crippen LogP contribution in [-0.2, 0) is 0 Å². The molecular formula is C5H10FN. The Morgan fingerprint density at radius 3 is 2.43 bits per heavy atom. The van der Waals surface area contributed by atoms with Gasteiger partial charge in [0.2, 0.25) is 0 Å². The van der Waals surface area contributed by atoms with Gasteiger partial charge in [-0.05, 0) is 18.8 Å². The zero-order valence-corrected chi connectivity index (χ0v) is 4.23. The van der Waals surface area contributed by atoms with Crippen LogP contribution in [0.3, 0.4) is 0 Å². The molecule has 1 aliphatic rings. The van der Waals surface area contributed by atoms with Crippen LogP contribution in [0, 0.1) is 5.92 Å². The van der Waals surface area contributed by atoms with Gasteiger partial charge < -0.3 is 5.73 Å². The molecule has 2 heteroatoms. The highest BCUT2D eigenvalue weighted by Gasteiger charge is 2.29. The molecule has 1 unspecified atom stereocenters. The second-order valence-electron chi connectivity index (χ2n) is 2.09. The van der Waals surface area contributed by atoms with E-state index in [0.29, 0.717) is 5.92 Å². The number of nitrogens with two attached hydrogens (primary N) is 1. The van der Waals surface area contributed by atoms with Crippen LogP contribution in [-0.4, -0.2) is 12.7 Å². The monoisotopic (exact) mass is 103 g/mol. The van der Waals surface area contributed by atoms with Crippen molar-refractivity contribution in [3.05, 3.63) is 0 Å². The predicted molar refractivity (Wildman–Crippen MR) is 26.7 cm³/mol. The summed E-state index contributed by atoms with van der Waals surface area (Å²) in [6.45, 7) is 0.213. The van der Waals surface area contributed by atoms with Gasteiger partial charge in [0, 0.05) is 6.54 Å². The molecule has 0 aromatic rings. The molecule has 42 valence electrons. The van der Waals surface area contributed by atoms with Crippen LogP contribution >= 0.6 is 0 Å². The highest BCUT2D eigenvalue weighted by molar-refractivity contribution is 4.81. The lowest BCUT2D eigenvalue weighted by molar-refractivity contribution is 0.305. The predicted octanol–water partition coefficient (Wildman–Crippen LogP) is 0.693. The van der Waals surface area contributed by atoms with E-state index in [2.05, 4.69) is 0 Å². The van der Waals surface area contributed by atoms with Crippen molar-refractivity contribution in [1.29, 1.82) is 0 Å². The molecule has 0 aromatic heterocycles. The molecule has 1 nitrogen and oxygen atoms in total. The molecule has 1 saturated carbocycles. The maximum Gasteiger partial charge on any atom is 0.115 e. The van der Waals surface area contributed by atoms with Crippen LogP contribution in [0.15, 0.2) is 0 Å². The average molecular weight is 103 g/mol. The SMILES string of the molecule is NCC(F)C1CC1. The summed E-state index contributed by atoms with van der Waals surface area (Å²) in [5.41, 5.74) is 5.04. The molecule has 0 radical (unpaired) electrons. The van der Waals surface area contributed by atoms with Crippen molar-refractivity contribution in [2.75, 3.05) is 6.54 Å². The van der Waals surface area contributed by atoms with Gasteiger partial charge in [-0.15, -0.1) is 0 Å². The van der Waals surface area contributed by atoms with Gasteiger partial charge >= 0.3 is 0 Å². The Hall–Kier alpha value is -0.110. The third kappa shape index (κ3) is 1.13. The summed E-state index contributed by atoms with van der Waals surface area (Å²) in [7, 11) is 0. The van der Waals surface area contributed by atoms with Crippen molar-refractivity contribution in [2.45, 2.75) is 19.0 Å². The molecule has 0 spiro atoms. The van der Waals surface area contributed by atoms with Crippen LogP contribution in [0.5, 0.6) is 0 Å². The number of hydrogen-bond acceptors (Lipinski definition) is 1. The molecule has 0 heterocycles. The minimum atomic E-state index is -0.708. The minimum absolute atomic E-state index is 0.213. The van der Waals surface area contributed by atoms with E-state index < -0.39 is 6.17 Å². The molecule has 0 amide bonds. The zero-order valence-electron chi connectivity index (χ0n) is 4.23. The van der Waals surface area contributed by atoms with Crippen molar-refractivity contribution < 1.29 is 4.39 Å². The summed E-state index contributed by atoms with van der Waals surface area (Å²) in [5, 5.41) is 0. The van der Waals surface area contributed by atoms with E-state index in [9.17, 15) is 4.39 Å². The normalized spacial score (nSPS) is 24.9. The molecule has 0 aliphatic heterocycles. The molecule has 1 rings (SSSR count). The molecule has 0 saturated heterocycles. The maximum absolute atomic E-state index is 12.2. The summed E-state index contributed by atoms with van der Waals surface area (Å²) in [5.74, 6) is 0.324. The smallest absolute Gasteiger partial charge is 0.115 e. The number of rotatable bonds is 2. The third-order valence-corrected chi connectivity index (χ3v) is 1.36. The minimum Gasteiger partial charge on any atom is -0.328 e. The third-order valence-electron chi connectivity index (χ3n) is 1.36. The fourth-order valence-corrected chi connectivity index (χ4v) is 0.650. The second kappa shape index (κ2) is 1.78. The molecule has 0 bridgehead atoms. The summed E-state index contributed by atoms with van der Waals surface area (Å²) in [6, 6.07) is 0. The summed E-state index contributed by atoms with van der Waals surface area (Å²) < 4.78 is 12.2. The van der Waals surface area contributed by atoms with E-state index >= 15 is 0 Å². The Morgan fingerprint density at radius 2 is 2.29 bits per heavy atom. The lowest BCUT2D eigenvalue weighted by Gasteiger charge is -1.97. The highest BCUT2D eigenvalue weighted by Crippen LogP contribution is 2.33. The van der Waals surface area contributed by atoms with Gasteiger partial charge in [-0.1, -0.05) is 0 Å². The van der Waals surface area contributed by atoms with E-state index in [0.717, 1.165) is 12.8 Å². The van der Waals surface area contributed by atoms with Crippen LogP contribution in [0.4, 0.5) is 4.39 Å². The zero-order chi connectivity index (χ0) is 5.28. The van der Waals surface area contributed by atoms with Crippen LogP contribution < -0.4 is 5.73 Å². The number of alkyl halides is 1. The maximum atomic E-state index is 12.2. The number of hydrogen-bond donors (Lipinski definition) is 1. The molecule has 0 aromatic carbocycles.